The summed E-state index contributed by atoms with van der Waals surface area (Å²) in [5, 5.41) is 0. The average molecular weight is 186 g/mol. The van der Waals surface area contributed by atoms with Gasteiger partial charge in [-0.25, -0.2) is 0 Å². The van der Waals surface area contributed by atoms with Crippen LogP contribution in [0, 0.1) is 0 Å². The molecule has 0 heterocycles. The molecule has 0 radical (unpaired) electrons. The summed E-state index contributed by atoms with van der Waals surface area (Å²) in [6.45, 7) is 5.59. The van der Waals surface area contributed by atoms with Gasteiger partial charge < -0.3 is 10.6 Å². The lowest BCUT2D eigenvalue weighted by atomic mass is 10.1. The van der Waals surface area contributed by atoms with Crippen molar-refractivity contribution in [3.63, 3.8) is 0 Å². The highest BCUT2D eigenvalue weighted by molar-refractivity contribution is 4.51. The Morgan fingerprint density at radius 2 is 1.54 bits per heavy atom. The second-order valence-corrected chi connectivity index (χ2v) is 3.86. The van der Waals surface area contributed by atoms with E-state index in [9.17, 15) is 0 Å². The Bertz CT molecular complexity index is 94.1. The second-order valence-electron chi connectivity index (χ2n) is 3.86. The minimum absolute atomic E-state index is 0.857. The summed E-state index contributed by atoms with van der Waals surface area (Å²) in [7, 11) is 2.21. The highest BCUT2D eigenvalue weighted by atomic mass is 15.1. The summed E-state index contributed by atoms with van der Waals surface area (Å²) < 4.78 is 0. The fourth-order valence-electron chi connectivity index (χ4n) is 1.55. The average Bonchev–Trinajstić information content (AvgIpc) is 2.11. The van der Waals surface area contributed by atoms with E-state index in [1.165, 1.54) is 51.6 Å². The van der Waals surface area contributed by atoms with E-state index in [1.807, 2.05) is 0 Å². The van der Waals surface area contributed by atoms with Crippen LogP contribution in [0.3, 0.4) is 0 Å². The van der Waals surface area contributed by atoms with Crippen LogP contribution in [0.2, 0.25) is 0 Å². The van der Waals surface area contributed by atoms with E-state index in [0.717, 1.165) is 6.54 Å². The molecular weight excluding hydrogens is 160 g/mol. The molecule has 80 valence electrons. The van der Waals surface area contributed by atoms with E-state index in [4.69, 9.17) is 5.73 Å². The molecule has 0 aromatic rings. The molecule has 2 N–H and O–H groups in total. The van der Waals surface area contributed by atoms with Gasteiger partial charge >= 0.3 is 0 Å². The molecule has 0 spiro atoms. The van der Waals surface area contributed by atoms with E-state index in [2.05, 4.69) is 18.9 Å². The maximum Gasteiger partial charge on any atom is -0.00218 e. The Morgan fingerprint density at radius 1 is 0.923 bits per heavy atom. The summed E-state index contributed by atoms with van der Waals surface area (Å²) in [5.74, 6) is 0. The van der Waals surface area contributed by atoms with Gasteiger partial charge in [0.25, 0.3) is 0 Å². The van der Waals surface area contributed by atoms with Crippen LogP contribution in [0.25, 0.3) is 0 Å². The number of rotatable bonds is 9. The zero-order chi connectivity index (χ0) is 9.94. The number of nitrogens with two attached hydrogens (primary N) is 1. The number of hydrogen-bond acceptors (Lipinski definition) is 2. The van der Waals surface area contributed by atoms with Crippen molar-refractivity contribution in [3.05, 3.63) is 0 Å². The van der Waals surface area contributed by atoms with Crippen LogP contribution in [0.15, 0.2) is 0 Å². The predicted molar refractivity (Wildman–Crippen MR) is 59.9 cm³/mol. The quantitative estimate of drug-likeness (QED) is 0.560. The summed E-state index contributed by atoms with van der Waals surface area (Å²) in [6.07, 6.45) is 7.86. The summed E-state index contributed by atoms with van der Waals surface area (Å²) >= 11 is 0. The molecule has 2 nitrogen and oxygen atoms in total. The van der Waals surface area contributed by atoms with Crippen LogP contribution in [0.5, 0.6) is 0 Å². The first-order valence-electron chi connectivity index (χ1n) is 5.70. The van der Waals surface area contributed by atoms with Gasteiger partial charge in [-0.1, -0.05) is 26.2 Å². The minimum Gasteiger partial charge on any atom is -0.330 e. The molecule has 0 rings (SSSR count). The fraction of sp³-hybridized carbons (Fsp3) is 1.00. The van der Waals surface area contributed by atoms with Gasteiger partial charge in [0.1, 0.15) is 0 Å². The van der Waals surface area contributed by atoms with Crippen LogP contribution < -0.4 is 5.73 Å². The van der Waals surface area contributed by atoms with Crippen LogP contribution >= 0.6 is 0 Å². The van der Waals surface area contributed by atoms with Crippen molar-refractivity contribution in [1.82, 2.24) is 4.90 Å². The third-order valence-corrected chi connectivity index (χ3v) is 2.35. The largest absolute Gasteiger partial charge is 0.330 e. The van der Waals surface area contributed by atoms with E-state index >= 15 is 0 Å². The van der Waals surface area contributed by atoms with Gasteiger partial charge in [0.15, 0.2) is 0 Å². The molecule has 0 aromatic carbocycles. The summed E-state index contributed by atoms with van der Waals surface area (Å²) in [5.41, 5.74) is 5.42. The summed E-state index contributed by atoms with van der Waals surface area (Å²) in [4.78, 5) is 2.42. The lowest BCUT2D eigenvalue weighted by Crippen LogP contribution is -2.20. The molecule has 0 aromatic heterocycles. The standard InChI is InChI=1S/C11H26N2/c1-3-10-13(2)11-8-6-4-5-7-9-12/h3-12H2,1-2H3. The van der Waals surface area contributed by atoms with E-state index in [-0.39, 0.29) is 0 Å². The van der Waals surface area contributed by atoms with E-state index < -0.39 is 0 Å². The van der Waals surface area contributed by atoms with Crippen molar-refractivity contribution in [1.29, 1.82) is 0 Å². The first-order chi connectivity index (χ1) is 6.31. The Balaban J connectivity index is 2.97. The smallest absolute Gasteiger partial charge is 0.00218 e. The van der Waals surface area contributed by atoms with Crippen molar-refractivity contribution in [3.8, 4) is 0 Å². The fourth-order valence-corrected chi connectivity index (χ4v) is 1.55. The monoisotopic (exact) mass is 186 g/mol. The summed E-state index contributed by atoms with van der Waals surface area (Å²) in [6, 6.07) is 0. The molecule has 0 aliphatic heterocycles. The van der Waals surface area contributed by atoms with Crippen molar-refractivity contribution < 1.29 is 0 Å². The van der Waals surface area contributed by atoms with Crippen molar-refractivity contribution in [2.75, 3.05) is 26.7 Å². The van der Waals surface area contributed by atoms with Gasteiger partial charge in [-0.2, -0.15) is 0 Å². The number of unbranched alkanes of at least 4 members (excludes halogenated alkanes) is 4. The maximum atomic E-state index is 5.42. The van der Waals surface area contributed by atoms with Crippen LogP contribution in [0.1, 0.15) is 45.4 Å². The number of nitrogens with zero attached hydrogens (tertiary/aromatic N) is 1. The SMILES string of the molecule is CCCN(C)CCCCCCCN. The normalized spacial score (nSPS) is 11.1. The molecule has 0 bridgehead atoms. The van der Waals surface area contributed by atoms with E-state index in [0.29, 0.717) is 0 Å². The van der Waals surface area contributed by atoms with Crippen molar-refractivity contribution in [2.24, 2.45) is 5.73 Å². The van der Waals surface area contributed by atoms with Gasteiger partial charge in [-0.05, 0) is 45.9 Å². The third-order valence-electron chi connectivity index (χ3n) is 2.35. The zero-order valence-electron chi connectivity index (χ0n) is 9.39. The molecule has 0 amide bonds. The van der Waals surface area contributed by atoms with Crippen LogP contribution in [-0.2, 0) is 0 Å². The van der Waals surface area contributed by atoms with Gasteiger partial charge in [-0.3, -0.25) is 0 Å². The third kappa shape index (κ3) is 9.84. The number of hydrogen-bond donors (Lipinski definition) is 1. The lowest BCUT2D eigenvalue weighted by molar-refractivity contribution is 0.324. The minimum atomic E-state index is 0.857. The Morgan fingerprint density at radius 3 is 2.15 bits per heavy atom. The topological polar surface area (TPSA) is 29.3 Å². The molecule has 2 heteroatoms. The Hall–Kier alpha value is -0.0800. The van der Waals surface area contributed by atoms with Gasteiger partial charge in [0, 0.05) is 0 Å². The second kappa shape index (κ2) is 10.0. The molecule has 0 fully saturated rings. The maximum absolute atomic E-state index is 5.42. The molecule has 0 saturated carbocycles. The van der Waals surface area contributed by atoms with Gasteiger partial charge in [0.05, 0.1) is 0 Å². The molecule has 0 aliphatic rings. The van der Waals surface area contributed by atoms with Crippen LogP contribution in [0.4, 0.5) is 0 Å². The van der Waals surface area contributed by atoms with Crippen molar-refractivity contribution >= 4 is 0 Å². The molecule has 0 atom stereocenters. The van der Waals surface area contributed by atoms with Crippen molar-refractivity contribution in [2.45, 2.75) is 45.4 Å². The molecule has 13 heavy (non-hydrogen) atoms. The molecule has 0 aliphatic carbocycles. The highest BCUT2D eigenvalue weighted by Crippen LogP contribution is 2.03. The highest BCUT2D eigenvalue weighted by Gasteiger charge is 1.95. The predicted octanol–water partition coefficient (Wildman–Crippen LogP) is 2.24. The Kier molecular flexibility index (Phi) is 9.94. The molecular formula is C11H26N2. The van der Waals surface area contributed by atoms with E-state index in [1.54, 1.807) is 0 Å². The zero-order valence-corrected chi connectivity index (χ0v) is 9.39. The first-order valence-corrected chi connectivity index (χ1v) is 5.70. The molecule has 0 saturated heterocycles. The van der Waals surface area contributed by atoms with Gasteiger partial charge in [0.2, 0.25) is 0 Å². The van der Waals surface area contributed by atoms with Crippen LogP contribution in [-0.4, -0.2) is 31.6 Å². The van der Waals surface area contributed by atoms with Gasteiger partial charge in [-0.15, -0.1) is 0 Å². The first kappa shape index (κ1) is 12.9. The molecule has 0 unspecified atom stereocenters. The lowest BCUT2D eigenvalue weighted by Gasteiger charge is -2.14. The Labute approximate surface area is 83.5 Å².